The van der Waals surface area contributed by atoms with Crippen molar-refractivity contribution in [1.29, 1.82) is 5.26 Å². The van der Waals surface area contributed by atoms with E-state index in [0.29, 0.717) is 17.0 Å². The molecule has 124 valence electrons. The van der Waals surface area contributed by atoms with Gasteiger partial charge in [0.15, 0.2) is 5.78 Å². The minimum absolute atomic E-state index is 0.00394. The molecular weight excluding hydrogens is 288 g/mol. The topological polar surface area (TPSA) is 62.1 Å². The van der Waals surface area contributed by atoms with Gasteiger partial charge in [-0.25, -0.2) is 0 Å². The summed E-state index contributed by atoms with van der Waals surface area (Å²) in [4.78, 5) is 11.8. The highest BCUT2D eigenvalue weighted by molar-refractivity contribution is 5.99. The van der Waals surface area contributed by atoms with Crippen molar-refractivity contribution < 1.29 is 9.53 Å². The van der Waals surface area contributed by atoms with Crippen LogP contribution in [0, 0.1) is 22.7 Å². The summed E-state index contributed by atoms with van der Waals surface area (Å²) in [5, 5.41) is 12.5. The number of rotatable bonds is 4. The molecule has 0 spiro atoms. The van der Waals surface area contributed by atoms with E-state index in [4.69, 9.17) is 10.00 Å². The SMILES string of the molecule is CC(=O)c1ccc(C#N)cc1NCC1CCCOC1C(C)(C)C. The Hall–Kier alpha value is -1.86. The van der Waals surface area contributed by atoms with E-state index in [2.05, 4.69) is 32.2 Å². The van der Waals surface area contributed by atoms with Crippen molar-refractivity contribution in [2.45, 2.75) is 46.6 Å². The van der Waals surface area contributed by atoms with Gasteiger partial charge < -0.3 is 10.1 Å². The predicted molar refractivity (Wildman–Crippen MR) is 91.6 cm³/mol. The molecule has 0 amide bonds. The lowest BCUT2D eigenvalue weighted by Crippen LogP contribution is -2.42. The normalized spacial score (nSPS) is 21.5. The smallest absolute Gasteiger partial charge is 0.161 e. The molecule has 2 atom stereocenters. The van der Waals surface area contributed by atoms with Gasteiger partial charge >= 0.3 is 0 Å². The molecule has 2 unspecified atom stereocenters. The molecule has 1 heterocycles. The van der Waals surface area contributed by atoms with Gasteiger partial charge in [0.2, 0.25) is 0 Å². The van der Waals surface area contributed by atoms with Crippen LogP contribution in [0.15, 0.2) is 18.2 Å². The highest BCUT2D eigenvalue weighted by Gasteiger charge is 2.35. The van der Waals surface area contributed by atoms with Gasteiger partial charge in [-0.3, -0.25) is 4.79 Å². The van der Waals surface area contributed by atoms with Gasteiger partial charge in [0.05, 0.1) is 17.7 Å². The first-order valence-corrected chi connectivity index (χ1v) is 8.23. The van der Waals surface area contributed by atoms with Crippen LogP contribution >= 0.6 is 0 Å². The maximum Gasteiger partial charge on any atom is 0.161 e. The van der Waals surface area contributed by atoms with E-state index in [0.717, 1.165) is 31.7 Å². The zero-order valence-electron chi connectivity index (χ0n) is 14.5. The first kappa shape index (κ1) is 17.5. The van der Waals surface area contributed by atoms with Crippen molar-refractivity contribution in [3.63, 3.8) is 0 Å². The number of carbonyl (C=O) groups excluding carboxylic acids is 1. The van der Waals surface area contributed by atoms with Gasteiger partial charge in [0.25, 0.3) is 0 Å². The third-order valence-electron chi connectivity index (χ3n) is 4.38. The molecule has 1 aliphatic heterocycles. The quantitative estimate of drug-likeness (QED) is 0.853. The van der Waals surface area contributed by atoms with Gasteiger partial charge in [-0.15, -0.1) is 0 Å². The van der Waals surface area contributed by atoms with Crippen molar-refractivity contribution in [3.05, 3.63) is 29.3 Å². The second-order valence-corrected chi connectivity index (χ2v) is 7.37. The Morgan fingerprint density at radius 3 is 2.78 bits per heavy atom. The fourth-order valence-electron chi connectivity index (χ4n) is 3.32. The van der Waals surface area contributed by atoms with E-state index in [1.165, 1.54) is 0 Å². The van der Waals surface area contributed by atoms with Crippen LogP contribution in [-0.4, -0.2) is 25.0 Å². The minimum atomic E-state index is 0.00394. The number of hydrogen-bond donors (Lipinski definition) is 1. The van der Waals surface area contributed by atoms with Crippen molar-refractivity contribution in [1.82, 2.24) is 0 Å². The van der Waals surface area contributed by atoms with Crippen LogP contribution in [0.5, 0.6) is 0 Å². The van der Waals surface area contributed by atoms with E-state index >= 15 is 0 Å². The molecule has 1 aromatic carbocycles. The van der Waals surface area contributed by atoms with Gasteiger partial charge in [0.1, 0.15) is 0 Å². The molecule has 1 N–H and O–H groups in total. The van der Waals surface area contributed by atoms with E-state index in [9.17, 15) is 4.79 Å². The molecule has 4 heteroatoms. The van der Waals surface area contributed by atoms with E-state index in [1.807, 2.05) is 0 Å². The summed E-state index contributed by atoms with van der Waals surface area (Å²) in [6.07, 6.45) is 2.38. The molecule has 1 saturated heterocycles. The summed E-state index contributed by atoms with van der Waals surface area (Å²) in [5.74, 6) is 0.401. The Labute approximate surface area is 138 Å². The number of benzene rings is 1. The van der Waals surface area contributed by atoms with Crippen molar-refractivity contribution in [2.24, 2.45) is 11.3 Å². The number of carbonyl (C=O) groups is 1. The van der Waals surface area contributed by atoms with Gasteiger partial charge in [-0.05, 0) is 43.4 Å². The first-order chi connectivity index (χ1) is 10.8. The maximum atomic E-state index is 11.8. The van der Waals surface area contributed by atoms with Crippen LogP contribution in [-0.2, 0) is 4.74 Å². The number of ketones is 1. The molecule has 1 fully saturated rings. The summed E-state index contributed by atoms with van der Waals surface area (Å²) >= 11 is 0. The summed E-state index contributed by atoms with van der Waals surface area (Å²) in [6, 6.07) is 7.29. The Balaban J connectivity index is 2.16. The zero-order valence-corrected chi connectivity index (χ0v) is 14.5. The van der Waals surface area contributed by atoms with Crippen molar-refractivity contribution >= 4 is 11.5 Å². The lowest BCUT2D eigenvalue weighted by atomic mass is 9.78. The number of anilines is 1. The predicted octanol–water partition coefficient (Wildman–Crippen LogP) is 4.01. The van der Waals surface area contributed by atoms with E-state index in [-0.39, 0.29) is 17.3 Å². The standard InChI is InChI=1S/C19H26N2O2/c1-13(22)16-8-7-14(11-20)10-17(16)21-12-15-6-5-9-23-18(15)19(2,3)4/h7-8,10,15,18,21H,5-6,9,12H2,1-4H3. The molecule has 0 aromatic heterocycles. The number of Topliss-reactive ketones (excluding diaryl/α,β-unsaturated/α-hetero) is 1. The number of ether oxygens (including phenoxy) is 1. The maximum absolute atomic E-state index is 11.8. The molecular formula is C19H26N2O2. The zero-order chi connectivity index (χ0) is 17.0. The second kappa shape index (κ2) is 7.14. The lowest BCUT2D eigenvalue weighted by Gasteiger charge is -2.40. The molecule has 1 aliphatic rings. The molecule has 0 bridgehead atoms. The van der Waals surface area contributed by atoms with E-state index < -0.39 is 0 Å². The minimum Gasteiger partial charge on any atom is -0.384 e. The number of hydrogen-bond acceptors (Lipinski definition) is 4. The third kappa shape index (κ3) is 4.33. The fraction of sp³-hybridized carbons (Fsp3) is 0.579. The number of nitrogens with one attached hydrogen (secondary N) is 1. The van der Waals surface area contributed by atoms with Gasteiger partial charge in [-0.2, -0.15) is 5.26 Å². The van der Waals surface area contributed by atoms with Crippen LogP contribution in [0.25, 0.3) is 0 Å². The van der Waals surface area contributed by atoms with Crippen LogP contribution in [0.3, 0.4) is 0 Å². The van der Waals surface area contributed by atoms with Crippen LogP contribution in [0.4, 0.5) is 5.69 Å². The average molecular weight is 314 g/mol. The summed E-state index contributed by atoms with van der Waals surface area (Å²) in [7, 11) is 0. The highest BCUT2D eigenvalue weighted by Crippen LogP contribution is 2.34. The molecule has 2 rings (SSSR count). The van der Waals surface area contributed by atoms with Crippen LogP contribution in [0.2, 0.25) is 0 Å². The molecule has 1 aromatic rings. The van der Waals surface area contributed by atoms with Crippen molar-refractivity contribution in [2.75, 3.05) is 18.5 Å². The number of nitriles is 1. The average Bonchev–Trinajstić information content (AvgIpc) is 2.51. The Kier molecular flexibility index (Phi) is 5.43. The lowest BCUT2D eigenvalue weighted by molar-refractivity contribution is -0.0814. The third-order valence-corrected chi connectivity index (χ3v) is 4.38. The molecule has 0 radical (unpaired) electrons. The molecule has 23 heavy (non-hydrogen) atoms. The van der Waals surface area contributed by atoms with Crippen LogP contribution in [0.1, 0.15) is 56.5 Å². The van der Waals surface area contributed by atoms with Crippen LogP contribution < -0.4 is 5.32 Å². The molecule has 0 saturated carbocycles. The highest BCUT2D eigenvalue weighted by atomic mass is 16.5. The summed E-state index contributed by atoms with van der Waals surface area (Å²) in [6.45, 7) is 9.72. The van der Waals surface area contributed by atoms with Crippen molar-refractivity contribution in [3.8, 4) is 6.07 Å². The first-order valence-electron chi connectivity index (χ1n) is 8.23. The van der Waals surface area contributed by atoms with Gasteiger partial charge in [0, 0.05) is 30.3 Å². The monoisotopic (exact) mass is 314 g/mol. The second-order valence-electron chi connectivity index (χ2n) is 7.37. The Bertz CT molecular complexity index is 611. The molecule has 4 nitrogen and oxygen atoms in total. The summed E-state index contributed by atoms with van der Waals surface area (Å²) < 4.78 is 6.01. The summed E-state index contributed by atoms with van der Waals surface area (Å²) in [5.41, 5.74) is 2.03. The Morgan fingerprint density at radius 2 is 2.17 bits per heavy atom. The van der Waals surface area contributed by atoms with E-state index in [1.54, 1.807) is 25.1 Å². The Morgan fingerprint density at radius 1 is 1.43 bits per heavy atom. The van der Waals surface area contributed by atoms with Gasteiger partial charge in [-0.1, -0.05) is 20.8 Å². The fourth-order valence-corrected chi connectivity index (χ4v) is 3.32. The largest absolute Gasteiger partial charge is 0.384 e. The number of nitrogens with zero attached hydrogens (tertiary/aromatic N) is 1. The molecule has 0 aliphatic carbocycles.